The second-order valence-corrected chi connectivity index (χ2v) is 9.22. The molecule has 1 aliphatic carbocycles. The van der Waals surface area contributed by atoms with E-state index in [0.717, 1.165) is 52.2 Å². The van der Waals surface area contributed by atoms with Crippen LogP contribution in [0.5, 0.6) is 0 Å². The van der Waals surface area contributed by atoms with Crippen LogP contribution in [0.2, 0.25) is 0 Å². The molecule has 1 aromatic heterocycles. The van der Waals surface area contributed by atoms with Crippen molar-refractivity contribution in [3.63, 3.8) is 0 Å². The van der Waals surface area contributed by atoms with Gasteiger partial charge in [-0.15, -0.1) is 17.0 Å². The van der Waals surface area contributed by atoms with Gasteiger partial charge in [0.1, 0.15) is 17.0 Å². The molecule has 0 fully saturated rings. The van der Waals surface area contributed by atoms with Crippen molar-refractivity contribution in [3.8, 4) is 0 Å². The number of halogens is 1. The zero-order valence-electron chi connectivity index (χ0n) is 16.9. The molecule has 0 atom stereocenters. The van der Waals surface area contributed by atoms with E-state index in [1.807, 2.05) is 0 Å². The quantitative estimate of drug-likeness (QED) is 0.427. The molecule has 2 heterocycles. The lowest BCUT2D eigenvalue weighted by Crippen LogP contribution is -2.29. The predicted molar refractivity (Wildman–Crippen MR) is 122 cm³/mol. The summed E-state index contributed by atoms with van der Waals surface area (Å²) in [5.41, 5.74) is 9.47. The second-order valence-electron chi connectivity index (χ2n) is 8.22. The molecular weight excluding hydrogens is 422 g/mol. The maximum atomic E-state index is 6.35. The van der Waals surface area contributed by atoms with Gasteiger partial charge < -0.3 is 10.6 Å². The Morgan fingerprint density at radius 1 is 1.15 bits per heavy atom. The van der Waals surface area contributed by atoms with E-state index < -0.39 is 0 Å². The molecule has 150 valence electrons. The number of nitrogens with two attached hydrogens (primary N) is 1. The summed E-state index contributed by atoms with van der Waals surface area (Å²) >= 11 is 1.66. The minimum atomic E-state index is 0. The fourth-order valence-corrected chi connectivity index (χ4v) is 4.65. The zero-order valence-corrected chi connectivity index (χ0v) is 19.4. The van der Waals surface area contributed by atoms with Crippen LogP contribution in [0.15, 0.2) is 26.9 Å². The molecule has 3 rings (SSSR count). The first kappa shape index (κ1) is 22.2. The van der Waals surface area contributed by atoms with E-state index in [2.05, 4.69) is 42.7 Å². The summed E-state index contributed by atoms with van der Waals surface area (Å²) in [6.45, 7) is 7.76. The maximum Gasteiger partial charge on any atom is 0.158 e. The number of hydrogen-bond donors (Lipinski definition) is 1. The minimum Gasteiger partial charge on any atom is -0.401 e. The van der Waals surface area contributed by atoms with Crippen LogP contribution in [-0.4, -0.2) is 29.3 Å². The number of allylic oxidation sites excluding steroid dienone is 2. The highest BCUT2D eigenvalue weighted by atomic mass is 79.9. The van der Waals surface area contributed by atoms with Crippen LogP contribution in [0, 0.1) is 5.41 Å². The number of aliphatic imine (C=N–C) groups is 1. The Balaban J connectivity index is 0.00000261. The number of aromatic nitrogens is 2. The molecule has 2 N–H and O–H groups in total. The van der Waals surface area contributed by atoms with Gasteiger partial charge in [-0.05, 0) is 24.7 Å². The van der Waals surface area contributed by atoms with Crippen LogP contribution >= 0.6 is 28.7 Å². The summed E-state index contributed by atoms with van der Waals surface area (Å²) in [4.78, 5) is 17.3. The SMILES string of the molecule is Br.CCCCCCCN(C)c1ncnc2c1N=C1CC(C)(C)CC(N)=C1S2. The number of thioether (sulfide) groups is 1. The van der Waals surface area contributed by atoms with Gasteiger partial charge in [0.05, 0.1) is 10.6 Å². The Morgan fingerprint density at radius 3 is 2.63 bits per heavy atom. The highest BCUT2D eigenvalue weighted by molar-refractivity contribution is 8.93. The van der Waals surface area contributed by atoms with Crippen LogP contribution < -0.4 is 10.6 Å². The van der Waals surface area contributed by atoms with E-state index >= 15 is 0 Å². The van der Waals surface area contributed by atoms with Crippen LogP contribution in [0.25, 0.3) is 0 Å². The Kier molecular flexibility index (Phi) is 7.74. The minimum absolute atomic E-state index is 0. The van der Waals surface area contributed by atoms with E-state index in [9.17, 15) is 0 Å². The molecule has 27 heavy (non-hydrogen) atoms. The third-order valence-electron chi connectivity index (χ3n) is 5.04. The molecule has 0 unspecified atom stereocenters. The lowest BCUT2D eigenvalue weighted by Gasteiger charge is -2.34. The largest absolute Gasteiger partial charge is 0.401 e. The first-order valence-electron chi connectivity index (χ1n) is 9.72. The number of nitrogens with zero attached hydrogens (tertiary/aromatic N) is 4. The number of hydrogen-bond acceptors (Lipinski definition) is 6. The van der Waals surface area contributed by atoms with E-state index in [0.29, 0.717) is 0 Å². The lowest BCUT2D eigenvalue weighted by molar-refractivity contribution is 0.371. The molecule has 1 aliphatic heterocycles. The lowest BCUT2D eigenvalue weighted by atomic mass is 9.78. The van der Waals surface area contributed by atoms with Gasteiger partial charge in [-0.3, -0.25) is 0 Å². The Hall–Kier alpha value is -1.08. The molecule has 0 amide bonds. The van der Waals surface area contributed by atoms with Crippen molar-refractivity contribution in [1.29, 1.82) is 0 Å². The third kappa shape index (κ3) is 5.25. The highest BCUT2D eigenvalue weighted by Gasteiger charge is 2.34. The molecule has 1 aromatic rings. The first-order valence-corrected chi connectivity index (χ1v) is 10.5. The summed E-state index contributed by atoms with van der Waals surface area (Å²) < 4.78 is 0. The van der Waals surface area contributed by atoms with Gasteiger partial charge in [0, 0.05) is 19.3 Å². The topological polar surface area (TPSA) is 67.4 Å². The predicted octanol–water partition coefficient (Wildman–Crippen LogP) is 5.63. The molecule has 0 bridgehead atoms. The molecule has 0 radical (unpaired) electrons. The van der Waals surface area contributed by atoms with Gasteiger partial charge in [-0.25, -0.2) is 15.0 Å². The fourth-order valence-electron chi connectivity index (χ4n) is 3.69. The van der Waals surface area contributed by atoms with E-state index in [-0.39, 0.29) is 22.4 Å². The maximum absolute atomic E-state index is 6.35. The standard InChI is InChI=1S/C20H31N5S.BrH/c1-5-6-7-8-9-10-25(4)18-16-19(23-13-22-18)26-17-14(21)11-20(2,3)12-15(17)24-16;/h13H,5-12,21H2,1-4H3;1H. The van der Waals surface area contributed by atoms with E-state index in [1.165, 1.54) is 32.1 Å². The molecule has 2 aliphatic rings. The average molecular weight is 454 g/mol. The summed E-state index contributed by atoms with van der Waals surface area (Å²) in [5, 5.41) is 0.925. The zero-order chi connectivity index (χ0) is 18.7. The highest BCUT2D eigenvalue weighted by Crippen LogP contribution is 2.49. The molecule has 0 saturated heterocycles. The Morgan fingerprint density at radius 2 is 1.89 bits per heavy atom. The van der Waals surface area contributed by atoms with Crippen LogP contribution in [0.3, 0.4) is 0 Å². The first-order chi connectivity index (χ1) is 12.4. The van der Waals surface area contributed by atoms with Gasteiger partial charge in [0.2, 0.25) is 0 Å². The summed E-state index contributed by atoms with van der Waals surface area (Å²) in [7, 11) is 2.11. The van der Waals surface area contributed by atoms with Crippen molar-refractivity contribution in [2.75, 3.05) is 18.5 Å². The molecule has 0 aromatic carbocycles. The number of rotatable bonds is 7. The molecule has 0 saturated carbocycles. The second kappa shape index (κ2) is 9.41. The van der Waals surface area contributed by atoms with Crippen molar-refractivity contribution >= 4 is 46.0 Å². The van der Waals surface area contributed by atoms with Crippen molar-refractivity contribution in [1.82, 2.24) is 9.97 Å². The third-order valence-corrected chi connectivity index (χ3v) is 6.24. The van der Waals surface area contributed by atoms with Crippen LogP contribution in [0.4, 0.5) is 11.5 Å². The van der Waals surface area contributed by atoms with E-state index in [1.54, 1.807) is 18.1 Å². The molecule has 0 spiro atoms. The fraction of sp³-hybridized carbons (Fsp3) is 0.650. The van der Waals surface area contributed by atoms with Gasteiger partial charge in [0.15, 0.2) is 5.82 Å². The number of fused-ring (bicyclic) bond motifs is 2. The van der Waals surface area contributed by atoms with Crippen molar-refractivity contribution in [3.05, 3.63) is 16.9 Å². The van der Waals surface area contributed by atoms with Gasteiger partial charge in [-0.1, -0.05) is 58.2 Å². The average Bonchev–Trinajstić information content (AvgIpc) is 2.58. The Bertz CT molecular complexity index is 729. The van der Waals surface area contributed by atoms with Crippen molar-refractivity contribution in [2.45, 2.75) is 70.7 Å². The Labute approximate surface area is 178 Å². The van der Waals surface area contributed by atoms with Crippen molar-refractivity contribution < 1.29 is 0 Å². The van der Waals surface area contributed by atoms with Crippen LogP contribution in [0.1, 0.15) is 65.7 Å². The monoisotopic (exact) mass is 453 g/mol. The van der Waals surface area contributed by atoms with Gasteiger partial charge >= 0.3 is 0 Å². The summed E-state index contributed by atoms with van der Waals surface area (Å²) in [6.07, 6.45) is 9.88. The molecular formula is C20H32BrN5S. The molecule has 7 heteroatoms. The number of unbranched alkanes of at least 4 members (excludes halogenated alkanes) is 4. The van der Waals surface area contributed by atoms with Crippen LogP contribution in [-0.2, 0) is 0 Å². The molecule has 5 nitrogen and oxygen atoms in total. The summed E-state index contributed by atoms with van der Waals surface area (Å²) in [5.74, 6) is 0.937. The van der Waals surface area contributed by atoms with E-state index in [4.69, 9.17) is 10.7 Å². The van der Waals surface area contributed by atoms with Gasteiger partial charge in [-0.2, -0.15) is 0 Å². The normalized spacial score (nSPS) is 17.6. The summed E-state index contributed by atoms with van der Waals surface area (Å²) in [6, 6.07) is 0. The van der Waals surface area contributed by atoms with Crippen molar-refractivity contribution in [2.24, 2.45) is 16.1 Å². The smallest absolute Gasteiger partial charge is 0.158 e. The number of anilines is 1. The van der Waals surface area contributed by atoms with Gasteiger partial charge in [0.25, 0.3) is 0 Å².